The second kappa shape index (κ2) is 11.7. The Balaban J connectivity index is 1.36. The van der Waals surface area contributed by atoms with Crippen LogP contribution < -0.4 is 10.4 Å². The average molecular weight is 544 g/mol. The minimum atomic E-state index is -3.90. The van der Waals surface area contributed by atoms with E-state index >= 15 is 0 Å². The van der Waals surface area contributed by atoms with Gasteiger partial charge in [-0.25, -0.2) is 23.5 Å². The predicted octanol–water partition coefficient (Wildman–Crippen LogP) is 3.07. The zero-order chi connectivity index (χ0) is 27.3. The molecule has 0 radical (unpaired) electrons. The first-order valence-corrected chi connectivity index (χ1v) is 14.7. The number of anilines is 1. The molecule has 0 aromatic heterocycles. The van der Waals surface area contributed by atoms with Crippen LogP contribution in [0.2, 0.25) is 0 Å². The summed E-state index contributed by atoms with van der Waals surface area (Å²) in [5.74, 6) is 6.30. The van der Waals surface area contributed by atoms with Crippen molar-refractivity contribution in [2.45, 2.75) is 69.0 Å². The lowest BCUT2D eigenvalue weighted by Gasteiger charge is -2.29. The van der Waals surface area contributed by atoms with Gasteiger partial charge in [-0.15, -0.1) is 0 Å². The van der Waals surface area contributed by atoms with Crippen molar-refractivity contribution in [1.29, 1.82) is 5.26 Å². The van der Waals surface area contributed by atoms with Crippen molar-refractivity contribution in [3.05, 3.63) is 29.8 Å². The molecule has 4 rings (SSSR count). The molecule has 1 N–H and O–H groups in total. The van der Waals surface area contributed by atoms with E-state index in [0.717, 1.165) is 37.5 Å². The van der Waals surface area contributed by atoms with E-state index in [2.05, 4.69) is 23.4 Å². The van der Waals surface area contributed by atoms with E-state index in [1.54, 1.807) is 12.1 Å². The third-order valence-electron chi connectivity index (χ3n) is 7.43. The quantitative estimate of drug-likeness (QED) is 0.390. The van der Waals surface area contributed by atoms with Gasteiger partial charge in [0, 0.05) is 49.3 Å². The van der Waals surface area contributed by atoms with Gasteiger partial charge in [-0.2, -0.15) is 5.26 Å². The summed E-state index contributed by atoms with van der Waals surface area (Å²) in [6, 6.07) is 9.34. The molecule has 3 aliphatic rings. The number of amides is 2. The largest absolute Gasteiger partial charge is 0.444 e. The standard InChI is InChI=1S/C27H33N3O7S/c1-27(38(2,33)34,25(31)29-37-24-5-3-4-14-35-24)17-23-18-30(26(32)36-23)22-10-8-19(9-11-22)6-7-20-15-21(16-20)12-13-28/h8-11,20-21,23-24H,3-5,12,14-18H2,1-2H3,(H,29,31)/t20?,21?,23?,24?,27-/m1/s1. The first-order chi connectivity index (χ1) is 18.1. The monoisotopic (exact) mass is 543 g/mol. The van der Waals surface area contributed by atoms with Crippen LogP contribution in [0.25, 0.3) is 0 Å². The van der Waals surface area contributed by atoms with E-state index in [0.29, 0.717) is 37.0 Å². The van der Waals surface area contributed by atoms with Gasteiger partial charge in [0.2, 0.25) is 0 Å². The maximum Gasteiger partial charge on any atom is 0.414 e. The fourth-order valence-corrected chi connectivity index (χ4v) is 5.64. The number of benzene rings is 1. The fraction of sp³-hybridized carbons (Fsp3) is 0.593. The van der Waals surface area contributed by atoms with E-state index < -0.39 is 39.0 Å². The number of nitrogens with zero attached hydrogens (tertiary/aromatic N) is 2. The lowest BCUT2D eigenvalue weighted by atomic mass is 9.74. The molecule has 11 heteroatoms. The molecule has 0 bridgehead atoms. The lowest BCUT2D eigenvalue weighted by Crippen LogP contribution is -2.53. The van der Waals surface area contributed by atoms with E-state index in [9.17, 15) is 18.0 Å². The number of hydroxylamine groups is 1. The van der Waals surface area contributed by atoms with Crippen LogP contribution in [0.4, 0.5) is 10.5 Å². The van der Waals surface area contributed by atoms with Crippen LogP contribution in [0.15, 0.2) is 24.3 Å². The number of hydrogen-bond acceptors (Lipinski definition) is 8. The third kappa shape index (κ3) is 6.47. The highest BCUT2D eigenvalue weighted by Gasteiger charge is 2.49. The Morgan fingerprint density at radius 2 is 2.00 bits per heavy atom. The number of carbonyl (C=O) groups is 2. The third-order valence-corrected chi connectivity index (χ3v) is 9.42. The molecule has 1 saturated carbocycles. The second-order valence-corrected chi connectivity index (χ2v) is 12.8. The topological polar surface area (TPSA) is 135 Å². The molecule has 2 amide bonds. The number of carbonyl (C=O) groups excluding carboxylic acids is 2. The Labute approximate surface area is 223 Å². The van der Waals surface area contributed by atoms with Crippen molar-refractivity contribution in [2.75, 3.05) is 24.3 Å². The van der Waals surface area contributed by atoms with Crippen molar-refractivity contribution in [1.82, 2.24) is 5.48 Å². The Kier molecular flexibility index (Phi) is 8.61. The zero-order valence-corrected chi connectivity index (χ0v) is 22.5. The first-order valence-electron chi connectivity index (χ1n) is 12.8. The molecule has 2 saturated heterocycles. The van der Waals surface area contributed by atoms with Crippen molar-refractivity contribution in [3.8, 4) is 17.9 Å². The molecule has 38 heavy (non-hydrogen) atoms. The predicted molar refractivity (Wildman–Crippen MR) is 138 cm³/mol. The van der Waals surface area contributed by atoms with Gasteiger partial charge < -0.3 is 9.47 Å². The summed E-state index contributed by atoms with van der Waals surface area (Å²) in [6.45, 7) is 1.91. The average Bonchev–Trinajstić information content (AvgIpc) is 3.23. The van der Waals surface area contributed by atoms with E-state index in [4.69, 9.17) is 19.6 Å². The van der Waals surface area contributed by atoms with Crippen LogP contribution in [0.1, 0.15) is 57.4 Å². The molecule has 3 atom stereocenters. The molecule has 1 aromatic rings. The normalized spacial score (nSPS) is 26.7. The minimum absolute atomic E-state index is 0.0944. The number of ether oxygens (including phenoxy) is 2. The zero-order valence-electron chi connectivity index (χ0n) is 21.6. The van der Waals surface area contributed by atoms with E-state index in [-0.39, 0.29) is 13.0 Å². The summed E-state index contributed by atoms with van der Waals surface area (Å²) in [5.41, 5.74) is 3.64. The SMILES string of the molecule is C[C@@](CC1CN(c2ccc(C#CC3CC(CC#N)C3)cc2)C(=O)O1)(C(=O)NOC1CCCCO1)S(C)(=O)=O. The summed E-state index contributed by atoms with van der Waals surface area (Å²) >= 11 is 0. The van der Waals surface area contributed by atoms with Crippen LogP contribution in [-0.4, -0.2) is 57.0 Å². The fourth-order valence-electron chi connectivity index (χ4n) is 4.78. The van der Waals surface area contributed by atoms with Crippen molar-refractivity contribution >= 4 is 27.5 Å². The smallest absolute Gasteiger partial charge is 0.414 e. The summed E-state index contributed by atoms with van der Waals surface area (Å²) in [7, 11) is -3.90. The molecule has 10 nitrogen and oxygen atoms in total. The number of sulfone groups is 1. The van der Waals surface area contributed by atoms with Crippen LogP contribution in [0, 0.1) is 35.0 Å². The maximum absolute atomic E-state index is 12.9. The lowest BCUT2D eigenvalue weighted by molar-refractivity contribution is -0.201. The molecule has 2 unspecified atom stereocenters. The van der Waals surface area contributed by atoms with Crippen LogP contribution in [0.5, 0.6) is 0 Å². The summed E-state index contributed by atoms with van der Waals surface area (Å²) in [5, 5.41) is 8.75. The van der Waals surface area contributed by atoms with Gasteiger partial charge in [0.15, 0.2) is 20.9 Å². The molecule has 1 aliphatic carbocycles. The van der Waals surface area contributed by atoms with Crippen LogP contribution in [0.3, 0.4) is 0 Å². The second-order valence-electron chi connectivity index (χ2n) is 10.4. The molecule has 1 aromatic carbocycles. The van der Waals surface area contributed by atoms with E-state index in [1.165, 1.54) is 11.8 Å². The number of rotatable bonds is 8. The molecular formula is C27H33N3O7S. The molecule has 2 aliphatic heterocycles. The maximum atomic E-state index is 12.9. The minimum Gasteiger partial charge on any atom is -0.444 e. The Hall–Kier alpha value is -3.12. The van der Waals surface area contributed by atoms with E-state index in [1.807, 2.05) is 12.1 Å². The summed E-state index contributed by atoms with van der Waals surface area (Å²) in [6.07, 6.45) is 3.55. The van der Waals surface area contributed by atoms with Crippen LogP contribution >= 0.6 is 0 Å². The van der Waals surface area contributed by atoms with Gasteiger partial charge in [-0.3, -0.25) is 9.69 Å². The number of cyclic esters (lactones) is 1. The van der Waals surface area contributed by atoms with Gasteiger partial charge in [-0.1, -0.05) is 11.8 Å². The van der Waals surface area contributed by atoms with Gasteiger partial charge in [0.25, 0.3) is 5.91 Å². The number of nitrogens with one attached hydrogen (secondary N) is 1. The highest BCUT2D eigenvalue weighted by Crippen LogP contribution is 2.35. The first kappa shape index (κ1) is 27.9. The van der Waals surface area contributed by atoms with Gasteiger partial charge in [0.05, 0.1) is 12.6 Å². The molecule has 204 valence electrons. The Morgan fingerprint density at radius 1 is 1.26 bits per heavy atom. The highest BCUT2D eigenvalue weighted by atomic mass is 32.2. The Bertz CT molecular complexity index is 1240. The number of nitriles is 1. The summed E-state index contributed by atoms with van der Waals surface area (Å²) in [4.78, 5) is 32.3. The Morgan fingerprint density at radius 3 is 2.63 bits per heavy atom. The number of hydrogen-bond donors (Lipinski definition) is 1. The van der Waals surface area contributed by atoms with Crippen molar-refractivity contribution < 1.29 is 32.3 Å². The highest BCUT2D eigenvalue weighted by molar-refractivity contribution is 7.92. The van der Waals surface area contributed by atoms with Gasteiger partial charge in [-0.05, 0) is 62.8 Å². The molecule has 2 heterocycles. The van der Waals surface area contributed by atoms with Gasteiger partial charge >= 0.3 is 6.09 Å². The van der Waals surface area contributed by atoms with Crippen LogP contribution in [-0.2, 0) is 28.9 Å². The molecular weight excluding hydrogens is 510 g/mol. The molecule has 3 fully saturated rings. The van der Waals surface area contributed by atoms with Crippen molar-refractivity contribution in [2.24, 2.45) is 11.8 Å². The summed E-state index contributed by atoms with van der Waals surface area (Å²) < 4.78 is 34.3. The molecule has 0 spiro atoms. The van der Waals surface area contributed by atoms with Crippen molar-refractivity contribution in [3.63, 3.8) is 0 Å². The van der Waals surface area contributed by atoms with Gasteiger partial charge in [0.1, 0.15) is 6.10 Å².